The van der Waals surface area contributed by atoms with E-state index in [-0.39, 0.29) is 0 Å². The molecule has 0 saturated heterocycles. The molecule has 0 fully saturated rings. The first-order chi connectivity index (χ1) is 12.3. The second kappa shape index (κ2) is 5.17. The number of anilines is 2. The van der Waals surface area contributed by atoms with Crippen LogP contribution in [0.3, 0.4) is 0 Å². The van der Waals surface area contributed by atoms with Crippen LogP contribution in [0.4, 0.5) is 11.6 Å². The molecule has 5 rings (SSSR count). The maximum Gasteiger partial charge on any atom is 0.158 e. The van der Waals surface area contributed by atoms with Gasteiger partial charge in [0.1, 0.15) is 5.52 Å². The van der Waals surface area contributed by atoms with Crippen LogP contribution in [-0.4, -0.2) is 34.6 Å². The molecule has 0 spiro atoms. The van der Waals surface area contributed by atoms with E-state index in [4.69, 9.17) is 0 Å². The topological polar surface area (TPSA) is 88.7 Å². The summed E-state index contributed by atoms with van der Waals surface area (Å²) in [6.45, 7) is 0. The van der Waals surface area contributed by atoms with Crippen molar-refractivity contribution in [1.82, 2.24) is 34.6 Å². The smallest absolute Gasteiger partial charge is 0.158 e. The number of aromatic amines is 1. The van der Waals surface area contributed by atoms with Crippen LogP contribution in [0.15, 0.2) is 55.2 Å². The van der Waals surface area contributed by atoms with E-state index in [1.165, 1.54) is 0 Å². The summed E-state index contributed by atoms with van der Waals surface area (Å²) < 4.78 is 3.67. The second-order valence-corrected chi connectivity index (χ2v) is 5.75. The number of fused-ring (bicyclic) bond motifs is 2. The number of H-pyrrole nitrogens is 1. The summed E-state index contributed by atoms with van der Waals surface area (Å²) >= 11 is 0. The fraction of sp³-hybridized carbons (Fsp3) is 0.0588. The lowest BCUT2D eigenvalue weighted by molar-refractivity contribution is 0.797. The molecule has 8 heteroatoms. The zero-order valence-corrected chi connectivity index (χ0v) is 13.4. The Hall–Kier alpha value is -3.68. The van der Waals surface area contributed by atoms with Crippen LogP contribution in [0.25, 0.3) is 27.5 Å². The molecular weight excluding hydrogens is 316 g/mol. The van der Waals surface area contributed by atoms with Gasteiger partial charge in [-0.15, -0.1) is 0 Å². The average Bonchev–Trinajstić information content (AvgIpc) is 3.35. The number of aryl methyl sites for hydroxylation is 1. The molecule has 4 heterocycles. The van der Waals surface area contributed by atoms with E-state index in [9.17, 15) is 0 Å². The number of benzene rings is 1. The molecule has 0 bridgehead atoms. The zero-order chi connectivity index (χ0) is 16.8. The van der Waals surface area contributed by atoms with Crippen molar-refractivity contribution in [1.29, 1.82) is 0 Å². The monoisotopic (exact) mass is 330 g/mol. The molecule has 0 radical (unpaired) electrons. The van der Waals surface area contributed by atoms with Gasteiger partial charge < -0.3 is 5.32 Å². The highest BCUT2D eigenvalue weighted by atomic mass is 15.3. The van der Waals surface area contributed by atoms with Crippen molar-refractivity contribution < 1.29 is 0 Å². The van der Waals surface area contributed by atoms with Crippen LogP contribution in [-0.2, 0) is 7.05 Å². The lowest BCUT2D eigenvalue weighted by Crippen LogP contribution is -1.98. The van der Waals surface area contributed by atoms with Crippen molar-refractivity contribution in [3.63, 3.8) is 0 Å². The van der Waals surface area contributed by atoms with E-state index in [2.05, 4.69) is 48.9 Å². The normalized spacial score (nSPS) is 11.4. The van der Waals surface area contributed by atoms with Crippen molar-refractivity contribution in [3.8, 4) is 11.1 Å². The van der Waals surface area contributed by atoms with Gasteiger partial charge in [-0.3, -0.25) is 9.78 Å². The van der Waals surface area contributed by atoms with Crippen LogP contribution in [0, 0.1) is 0 Å². The number of nitrogens with one attached hydrogen (secondary N) is 2. The molecule has 2 N–H and O–H groups in total. The van der Waals surface area contributed by atoms with E-state index < -0.39 is 0 Å². The van der Waals surface area contributed by atoms with E-state index in [0.29, 0.717) is 11.6 Å². The molecule has 0 saturated carbocycles. The summed E-state index contributed by atoms with van der Waals surface area (Å²) in [6.07, 6.45) is 9.02. The molecule has 25 heavy (non-hydrogen) atoms. The van der Waals surface area contributed by atoms with Gasteiger partial charge in [0.15, 0.2) is 11.6 Å². The molecule has 0 amide bonds. The molecule has 8 nitrogen and oxygen atoms in total. The van der Waals surface area contributed by atoms with Crippen LogP contribution in [0.1, 0.15) is 0 Å². The Morgan fingerprint density at radius 2 is 2.08 bits per heavy atom. The van der Waals surface area contributed by atoms with Gasteiger partial charge in [-0.2, -0.15) is 15.3 Å². The average molecular weight is 330 g/mol. The van der Waals surface area contributed by atoms with E-state index in [1.807, 2.05) is 40.9 Å². The molecular formula is C17H14N8. The quantitative estimate of drug-likeness (QED) is 0.531. The van der Waals surface area contributed by atoms with Crippen molar-refractivity contribution in [2.24, 2.45) is 7.05 Å². The van der Waals surface area contributed by atoms with Gasteiger partial charge in [0, 0.05) is 42.7 Å². The van der Waals surface area contributed by atoms with Gasteiger partial charge in [-0.05, 0) is 17.7 Å². The van der Waals surface area contributed by atoms with Crippen LogP contribution < -0.4 is 5.32 Å². The predicted molar refractivity (Wildman–Crippen MR) is 94.6 cm³/mol. The van der Waals surface area contributed by atoms with E-state index in [0.717, 1.165) is 27.5 Å². The molecule has 0 aliphatic rings. The van der Waals surface area contributed by atoms with E-state index >= 15 is 0 Å². The van der Waals surface area contributed by atoms with Crippen molar-refractivity contribution in [3.05, 3.63) is 55.2 Å². The zero-order valence-electron chi connectivity index (χ0n) is 13.4. The Bertz CT molecular complexity index is 1180. The highest BCUT2D eigenvalue weighted by molar-refractivity contribution is 5.93. The Kier molecular flexibility index (Phi) is 2.84. The summed E-state index contributed by atoms with van der Waals surface area (Å²) in [5.41, 5.74) is 4.05. The first kappa shape index (κ1) is 13.7. The highest BCUT2D eigenvalue weighted by Gasteiger charge is 2.14. The Balaban J connectivity index is 1.69. The fourth-order valence-electron chi connectivity index (χ4n) is 3.03. The third-order valence-corrected chi connectivity index (χ3v) is 4.24. The molecule has 0 aliphatic heterocycles. The first-order valence-corrected chi connectivity index (χ1v) is 7.81. The third-order valence-electron chi connectivity index (χ3n) is 4.24. The first-order valence-electron chi connectivity index (χ1n) is 7.81. The molecule has 4 aromatic heterocycles. The largest absolute Gasteiger partial charge is 0.322 e. The lowest BCUT2D eigenvalue weighted by atomic mass is 10.1. The third kappa shape index (κ3) is 2.15. The van der Waals surface area contributed by atoms with Crippen molar-refractivity contribution in [2.45, 2.75) is 0 Å². The summed E-state index contributed by atoms with van der Waals surface area (Å²) in [5.74, 6) is 1.41. The predicted octanol–water partition coefficient (Wildman–Crippen LogP) is 2.75. The Labute approximate surface area is 142 Å². The number of hydrogen-bond donors (Lipinski definition) is 2. The maximum atomic E-state index is 4.46. The standard InChI is InChI=1S/C17H14N8/c1-24-14-3-2-11(8-12(14)9-20-24)13-10-21-25-7-6-18-17(16(13)25)22-15-4-5-19-23-15/h2-10H,1H3,(H2,18,19,22,23). The molecule has 5 aromatic rings. The minimum absolute atomic E-state index is 0.702. The maximum absolute atomic E-state index is 4.46. The minimum Gasteiger partial charge on any atom is -0.322 e. The number of hydrogen-bond acceptors (Lipinski definition) is 5. The SMILES string of the molecule is Cn1ncc2cc(-c3cnn4ccnc(Nc5cc[nH]n5)c34)ccc21. The number of nitrogens with zero attached hydrogens (tertiary/aromatic N) is 6. The van der Waals surface area contributed by atoms with Crippen LogP contribution >= 0.6 is 0 Å². The van der Waals surface area contributed by atoms with Crippen LogP contribution in [0.5, 0.6) is 0 Å². The molecule has 0 atom stereocenters. The molecule has 0 unspecified atom stereocenters. The molecule has 0 aliphatic carbocycles. The van der Waals surface area contributed by atoms with Gasteiger partial charge in [0.25, 0.3) is 0 Å². The van der Waals surface area contributed by atoms with Gasteiger partial charge in [-0.1, -0.05) is 6.07 Å². The van der Waals surface area contributed by atoms with E-state index in [1.54, 1.807) is 12.4 Å². The van der Waals surface area contributed by atoms with Crippen molar-refractivity contribution in [2.75, 3.05) is 5.32 Å². The Morgan fingerprint density at radius 3 is 2.96 bits per heavy atom. The van der Waals surface area contributed by atoms with Crippen LogP contribution in [0.2, 0.25) is 0 Å². The number of aromatic nitrogens is 7. The van der Waals surface area contributed by atoms with Gasteiger partial charge >= 0.3 is 0 Å². The Morgan fingerprint density at radius 1 is 1.12 bits per heavy atom. The molecule has 1 aromatic carbocycles. The summed E-state index contributed by atoms with van der Waals surface area (Å²) in [4.78, 5) is 4.46. The molecule has 122 valence electrons. The van der Waals surface area contributed by atoms with Gasteiger partial charge in [0.2, 0.25) is 0 Å². The summed E-state index contributed by atoms with van der Waals surface area (Å²) in [5, 5.41) is 20.0. The minimum atomic E-state index is 0.702. The fourth-order valence-corrected chi connectivity index (χ4v) is 3.03. The lowest BCUT2D eigenvalue weighted by Gasteiger charge is -2.07. The second-order valence-electron chi connectivity index (χ2n) is 5.75. The van der Waals surface area contributed by atoms with Gasteiger partial charge in [0.05, 0.1) is 17.9 Å². The van der Waals surface area contributed by atoms with Gasteiger partial charge in [-0.25, -0.2) is 9.50 Å². The highest BCUT2D eigenvalue weighted by Crippen LogP contribution is 2.31. The number of rotatable bonds is 3. The summed E-state index contributed by atoms with van der Waals surface area (Å²) in [6, 6.07) is 8.11. The summed E-state index contributed by atoms with van der Waals surface area (Å²) in [7, 11) is 1.94. The van der Waals surface area contributed by atoms with Crippen molar-refractivity contribution >= 4 is 28.1 Å².